The molecule has 4 nitrogen and oxygen atoms in total. The molecule has 98 valence electrons. The predicted octanol–water partition coefficient (Wildman–Crippen LogP) is 1.95. The molecule has 18 heavy (non-hydrogen) atoms. The van der Waals surface area contributed by atoms with Crippen molar-refractivity contribution in [1.29, 1.82) is 0 Å². The Morgan fingerprint density at radius 1 is 1.44 bits per heavy atom. The van der Waals surface area contributed by atoms with Crippen molar-refractivity contribution in [2.24, 2.45) is 5.92 Å². The number of carbonyl (C=O) groups is 1. The Morgan fingerprint density at radius 3 is 2.83 bits per heavy atom. The zero-order valence-corrected chi connectivity index (χ0v) is 12.0. The van der Waals surface area contributed by atoms with E-state index in [9.17, 15) is 9.18 Å². The maximum Gasteiger partial charge on any atom is 0.223 e. The van der Waals surface area contributed by atoms with Crippen LogP contribution in [0.4, 0.5) is 15.8 Å². The maximum absolute atomic E-state index is 13.3. The summed E-state index contributed by atoms with van der Waals surface area (Å²) in [6.07, 6.45) is 1.99. The Bertz CT molecular complexity index is 463. The molecule has 1 aliphatic carbocycles. The Hall–Kier alpha value is -1.05. The molecule has 1 amide bonds. The predicted molar refractivity (Wildman–Crippen MR) is 77.8 cm³/mol. The Kier molecular flexibility index (Phi) is 4.26. The number of anilines is 2. The van der Waals surface area contributed by atoms with Crippen molar-refractivity contribution < 1.29 is 9.18 Å². The molecule has 0 saturated heterocycles. The molecular formula is C12H15FIN3O. The minimum absolute atomic E-state index is 0.110. The number of hydrogen-bond donors (Lipinski definition) is 3. The first-order chi connectivity index (χ1) is 8.58. The second-order valence-electron chi connectivity index (χ2n) is 4.35. The molecule has 0 bridgehead atoms. The number of nitrogens with one attached hydrogen (secondary N) is 2. The monoisotopic (exact) mass is 363 g/mol. The molecule has 0 heterocycles. The minimum Gasteiger partial charge on any atom is -0.397 e. The molecule has 0 aromatic heterocycles. The summed E-state index contributed by atoms with van der Waals surface area (Å²) >= 11 is 1.89. The van der Waals surface area contributed by atoms with Gasteiger partial charge in [0.1, 0.15) is 5.82 Å². The van der Waals surface area contributed by atoms with Crippen molar-refractivity contribution in [3.63, 3.8) is 0 Å². The lowest BCUT2D eigenvalue weighted by Gasteiger charge is -2.11. The Morgan fingerprint density at radius 2 is 2.17 bits per heavy atom. The average molecular weight is 363 g/mol. The van der Waals surface area contributed by atoms with Crippen LogP contribution in [-0.2, 0) is 4.79 Å². The number of hydrogen-bond acceptors (Lipinski definition) is 3. The highest BCUT2D eigenvalue weighted by atomic mass is 127. The largest absolute Gasteiger partial charge is 0.397 e. The van der Waals surface area contributed by atoms with E-state index in [0.29, 0.717) is 28.0 Å². The molecule has 1 fully saturated rings. The van der Waals surface area contributed by atoms with E-state index in [4.69, 9.17) is 5.73 Å². The normalized spacial score (nSPS) is 14.3. The fourth-order valence-electron chi connectivity index (χ4n) is 1.59. The van der Waals surface area contributed by atoms with Crippen LogP contribution in [0.5, 0.6) is 0 Å². The molecule has 2 rings (SSSR count). The van der Waals surface area contributed by atoms with Gasteiger partial charge in [0.25, 0.3) is 0 Å². The summed E-state index contributed by atoms with van der Waals surface area (Å²) < 4.78 is 13.8. The van der Waals surface area contributed by atoms with E-state index >= 15 is 0 Å². The first-order valence-corrected chi connectivity index (χ1v) is 6.92. The summed E-state index contributed by atoms with van der Waals surface area (Å²) in [5.41, 5.74) is 6.84. The van der Waals surface area contributed by atoms with E-state index in [2.05, 4.69) is 10.6 Å². The topological polar surface area (TPSA) is 67.2 Å². The van der Waals surface area contributed by atoms with E-state index in [0.717, 1.165) is 12.8 Å². The van der Waals surface area contributed by atoms with E-state index in [1.807, 2.05) is 22.6 Å². The van der Waals surface area contributed by atoms with Crippen LogP contribution in [0.15, 0.2) is 12.1 Å². The summed E-state index contributed by atoms with van der Waals surface area (Å²) in [6, 6.07) is 2.96. The van der Waals surface area contributed by atoms with Crippen LogP contribution < -0.4 is 16.4 Å². The molecular weight excluding hydrogens is 348 g/mol. The van der Waals surface area contributed by atoms with Crippen LogP contribution in [0.3, 0.4) is 0 Å². The van der Waals surface area contributed by atoms with Crippen LogP contribution in [0.2, 0.25) is 0 Å². The molecule has 0 radical (unpaired) electrons. The van der Waals surface area contributed by atoms with Gasteiger partial charge in [0.2, 0.25) is 5.91 Å². The van der Waals surface area contributed by atoms with E-state index in [1.165, 1.54) is 6.07 Å². The summed E-state index contributed by atoms with van der Waals surface area (Å²) in [6.45, 7) is 1.05. The third-order valence-corrected chi connectivity index (χ3v) is 3.61. The number of rotatable bonds is 5. The van der Waals surface area contributed by atoms with Crippen LogP contribution in [0, 0.1) is 15.3 Å². The van der Waals surface area contributed by atoms with Gasteiger partial charge < -0.3 is 16.4 Å². The molecule has 0 unspecified atom stereocenters. The lowest BCUT2D eigenvalue weighted by molar-refractivity contribution is -0.122. The first-order valence-electron chi connectivity index (χ1n) is 5.84. The van der Waals surface area contributed by atoms with Crippen molar-refractivity contribution in [2.75, 3.05) is 24.1 Å². The van der Waals surface area contributed by atoms with Crippen molar-refractivity contribution in [3.05, 3.63) is 21.5 Å². The van der Waals surface area contributed by atoms with Gasteiger partial charge >= 0.3 is 0 Å². The lowest BCUT2D eigenvalue weighted by atomic mass is 10.2. The highest BCUT2D eigenvalue weighted by Gasteiger charge is 2.28. The Balaban J connectivity index is 1.79. The van der Waals surface area contributed by atoms with Crippen molar-refractivity contribution >= 4 is 39.9 Å². The van der Waals surface area contributed by atoms with Gasteiger partial charge in [-0.1, -0.05) is 0 Å². The van der Waals surface area contributed by atoms with Gasteiger partial charge in [0.05, 0.1) is 14.9 Å². The van der Waals surface area contributed by atoms with Crippen LogP contribution in [0.1, 0.15) is 12.8 Å². The zero-order valence-electron chi connectivity index (χ0n) is 9.80. The molecule has 1 aromatic carbocycles. The van der Waals surface area contributed by atoms with Gasteiger partial charge in [0, 0.05) is 25.1 Å². The fourth-order valence-corrected chi connectivity index (χ4v) is 2.08. The molecule has 0 aliphatic heterocycles. The van der Waals surface area contributed by atoms with Gasteiger partial charge in [-0.25, -0.2) is 4.39 Å². The highest BCUT2D eigenvalue weighted by Crippen LogP contribution is 2.28. The fraction of sp³-hybridized carbons (Fsp3) is 0.417. The number of nitrogen functional groups attached to an aromatic ring is 1. The smallest absolute Gasteiger partial charge is 0.223 e. The third kappa shape index (κ3) is 3.47. The number of nitrogens with two attached hydrogens (primary N) is 1. The van der Waals surface area contributed by atoms with Gasteiger partial charge in [-0.05, 0) is 41.5 Å². The van der Waals surface area contributed by atoms with Gasteiger partial charge in [-0.3, -0.25) is 4.79 Å². The van der Waals surface area contributed by atoms with Crippen molar-refractivity contribution in [3.8, 4) is 0 Å². The average Bonchev–Trinajstić information content (AvgIpc) is 3.14. The second kappa shape index (κ2) is 5.73. The zero-order chi connectivity index (χ0) is 13.1. The van der Waals surface area contributed by atoms with E-state index < -0.39 is 0 Å². The van der Waals surface area contributed by atoms with E-state index in [1.54, 1.807) is 6.07 Å². The van der Waals surface area contributed by atoms with Gasteiger partial charge in [0.15, 0.2) is 0 Å². The first kappa shape index (κ1) is 13.4. The Labute approximate surface area is 119 Å². The standard InChI is InChI=1S/C12H15FIN3O/c13-8-5-11(10(15)6-9(8)14)16-3-4-17-12(18)7-1-2-7/h5-7,16H,1-4,15H2,(H,17,18). The van der Waals surface area contributed by atoms with Crippen LogP contribution in [-0.4, -0.2) is 19.0 Å². The number of halogens is 2. The van der Waals surface area contributed by atoms with Crippen LogP contribution in [0.25, 0.3) is 0 Å². The molecule has 4 N–H and O–H groups in total. The minimum atomic E-state index is -0.297. The third-order valence-electron chi connectivity index (χ3n) is 2.78. The molecule has 1 saturated carbocycles. The highest BCUT2D eigenvalue weighted by molar-refractivity contribution is 14.1. The quantitative estimate of drug-likeness (QED) is 0.426. The summed E-state index contributed by atoms with van der Waals surface area (Å²) in [5.74, 6) is 0.0266. The molecule has 6 heteroatoms. The van der Waals surface area contributed by atoms with Crippen LogP contribution >= 0.6 is 22.6 Å². The van der Waals surface area contributed by atoms with Crippen molar-refractivity contribution in [2.45, 2.75) is 12.8 Å². The summed E-state index contributed by atoms with van der Waals surface area (Å²) in [5, 5.41) is 5.84. The summed E-state index contributed by atoms with van der Waals surface area (Å²) in [4.78, 5) is 11.4. The molecule has 0 spiro atoms. The maximum atomic E-state index is 13.3. The SMILES string of the molecule is Nc1cc(I)c(F)cc1NCCNC(=O)C1CC1. The van der Waals surface area contributed by atoms with Crippen molar-refractivity contribution in [1.82, 2.24) is 5.32 Å². The second-order valence-corrected chi connectivity index (χ2v) is 5.51. The number of benzene rings is 1. The number of carbonyl (C=O) groups excluding carboxylic acids is 1. The molecule has 1 aliphatic rings. The summed E-state index contributed by atoms with van der Waals surface area (Å²) in [7, 11) is 0. The molecule has 1 aromatic rings. The lowest BCUT2D eigenvalue weighted by Crippen LogP contribution is -2.29. The van der Waals surface area contributed by atoms with Gasteiger partial charge in [-0.15, -0.1) is 0 Å². The van der Waals surface area contributed by atoms with E-state index in [-0.39, 0.29) is 17.6 Å². The molecule has 0 atom stereocenters. The number of amides is 1. The van der Waals surface area contributed by atoms with Gasteiger partial charge in [-0.2, -0.15) is 0 Å².